The van der Waals surface area contributed by atoms with Crippen LogP contribution in [0.4, 0.5) is 0 Å². The lowest BCUT2D eigenvalue weighted by Gasteiger charge is -2.04. The predicted octanol–water partition coefficient (Wildman–Crippen LogP) is 6.28. The number of phenols is 1. The number of benzene rings is 1. The van der Waals surface area contributed by atoms with Crippen LogP contribution in [0.3, 0.4) is 0 Å². The van der Waals surface area contributed by atoms with E-state index in [1.807, 2.05) is 0 Å². The fourth-order valence-corrected chi connectivity index (χ4v) is 2.79. The van der Waals surface area contributed by atoms with E-state index >= 15 is 0 Å². The van der Waals surface area contributed by atoms with Crippen molar-refractivity contribution in [3.8, 4) is 5.75 Å². The molecule has 0 aromatic heterocycles. The summed E-state index contributed by atoms with van der Waals surface area (Å²) in [6, 6.07) is 6.83. The zero-order valence-electron chi connectivity index (χ0n) is 14.2. The number of hydrogen-bond donors (Lipinski definition) is 1. The van der Waals surface area contributed by atoms with Crippen molar-refractivity contribution in [1.29, 1.82) is 0 Å². The van der Waals surface area contributed by atoms with Crippen LogP contribution in [0, 0.1) is 0 Å². The first kappa shape index (κ1) is 18.7. The second kappa shape index (κ2) is 12.3. The molecule has 1 aromatic carbocycles. The minimum absolute atomic E-state index is 0.0639. The molecule has 0 saturated carbocycles. The van der Waals surface area contributed by atoms with Gasteiger partial charge in [-0.15, -0.1) is 0 Å². The Hall–Kier alpha value is -1.31. The highest BCUT2D eigenvalue weighted by Gasteiger charge is 2.09. The van der Waals surface area contributed by atoms with Gasteiger partial charge in [-0.2, -0.15) is 0 Å². The average molecular weight is 304 g/mol. The molecule has 0 fully saturated rings. The van der Waals surface area contributed by atoms with E-state index in [4.69, 9.17) is 0 Å². The molecule has 0 heterocycles. The number of carbonyl (C=O) groups excluding carboxylic acids is 1. The molecule has 0 amide bonds. The first-order valence-corrected chi connectivity index (χ1v) is 9.07. The molecule has 1 N–H and O–H groups in total. The Labute approximate surface area is 135 Å². The normalized spacial score (nSPS) is 10.8. The Morgan fingerprint density at radius 1 is 0.818 bits per heavy atom. The Morgan fingerprint density at radius 2 is 1.32 bits per heavy atom. The van der Waals surface area contributed by atoms with E-state index in [1.54, 1.807) is 24.3 Å². The van der Waals surface area contributed by atoms with E-state index in [2.05, 4.69) is 6.92 Å². The van der Waals surface area contributed by atoms with Crippen LogP contribution < -0.4 is 0 Å². The van der Waals surface area contributed by atoms with E-state index < -0.39 is 0 Å². The number of carbonyl (C=O) groups is 1. The standard InChI is InChI=1S/C20H32O2/c1-2-3-4-5-6-7-8-9-10-11-12-16-19(21)18-15-13-14-17-20(18)22/h13-15,17,22H,2-12,16H2,1H3. The second-order valence-electron chi connectivity index (χ2n) is 6.23. The Balaban J connectivity index is 1.95. The van der Waals surface area contributed by atoms with Gasteiger partial charge in [0.2, 0.25) is 0 Å². The maximum absolute atomic E-state index is 12.0. The monoisotopic (exact) mass is 304 g/mol. The van der Waals surface area contributed by atoms with Crippen molar-refractivity contribution in [2.75, 3.05) is 0 Å². The van der Waals surface area contributed by atoms with Crippen molar-refractivity contribution in [2.45, 2.75) is 84.0 Å². The highest BCUT2D eigenvalue weighted by atomic mass is 16.3. The number of ketones is 1. The quantitative estimate of drug-likeness (QED) is 0.344. The molecule has 0 aliphatic rings. The predicted molar refractivity (Wildman–Crippen MR) is 93.5 cm³/mol. The molecule has 0 radical (unpaired) electrons. The van der Waals surface area contributed by atoms with Gasteiger partial charge in [0.1, 0.15) is 5.75 Å². The Morgan fingerprint density at radius 3 is 1.86 bits per heavy atom. The number of unbranched alkanes of at least 4 members (excludes halogenated alkanes) is 10. The smallest absolute Gasteiger partial charge is 0.166 e. The minimum Gasteiger partial charge on any atom is -0.507 e. The van der Waals surface area contributed by atoms with Gasteiger partial charge in [-0.3, -0.25) is 4.79 Å². The van der Waals surface area contributed by atoms with E-state index in [0.717, 1.165) is 12.8 Å². The zero-order valence-corrected chi connectivity index (χ0v) is 14.2. The van der Waals surface area contributed by atoms with Crippen LogP contribution >= 0.6 is 0 Å². The second-order valence-corrected chi connectivity index (χ2v) is 6.23. The maximum atomic E-state index is 12.0. The molecule has 0 spiro atoms. The van der Waals surface area contributed by atoms with Crippen molar-refractivity contribution >= 4 is 5.78 Å². The SMILES string of the molecule is CCCCCCCCCCCCCC(=O)c1ccccc1O. The fourth-order valence-electron chi connectivity index (χ4n) is 2.79. The molecule has 0 saturated heterocycles. The van der Waals surface area contributed by atoms with Crippen molar-refractivity contribution in [2.24, 2.45) is 0 Å². The molecule has 22 heavy (non-hydrogen) atoms. The van der Waals surface area contributed by atoms with E-state index in [1.165, 1.54) is 57.8 Å². The van der Waals surface area contributed by atoms with Crippen LogP contribution in [-0.4, -0.2) is 10.9 Å². The van der Waals surface area contributed by atoms with Crippen LogP contribution in [-0.2, 0) is 0 Å². The molecule has 0 unspecified atom stereocenters. The number of aromatic hydroxyl groups is 1. The number of Topliss-reactive ketones (excluding diaryl/α,β-unsaturated/α-hetero) is 1. The van der Waals surface area contributed by atoms with Gasteiger partial charge < -0.3 is 5.11 Å². The topological polar surface area (TPSA) is 37.3 Å². The minimum atomic E-state index is 0.0639. The molecule has 0 aliphatic heterocycles. The van der Waals surface area contributed by atoms with Gasteiger partial charge in [0.05, 0.1) is 5.56 Å². The third-order valence-corrected chi connectivity index (χ3v) is 4.21. The van der Waals surface area contributed by atoms with Gasteiger partial charge in [-0.1, -0.05) is 83.3 Å². The largest absolute Gasteiger partial charge is 0.507 e. The number of rotatable bonds is 13. The number of hydrogen-bond acceptors (Lipinski definition) is 2. The highest BCUT2D eigenvalue weighted by Crippen LogP contribution is 2.19. The number of phenolic OH excluding ortho intramolecular Hbond substituents is 1. The summed E-state index contributed by atoms with van der Waals surface area (Å²) in [6.45, 7) is 2.25. The van der Waals surface area contributed by atoms with Gasteiger partial charge >= 0.3 is 0 Å². The molecular weight excluding hydrogens is 272 g/mol. The molecule has 0 bridgehead atoms. The van der Waals surface area contributed by atoms with E-state index in [-0.39, 0.29) is 11.5 Å². The summed E-state index contributed by atoms with van der Waals surface area (Å²) < 4.78 is 0. The van der Waals surface area contributed by atoms with Crippen molar-refractivity contribution < 1.29 is 9.90 Å². The van der Waals surface area contributed by atoms with Gasteiger partial charge in [0.25, 0.3) is 0 Å². The third-order valence-electron chi connectivity index (χ3n) is 4.21. The summed E-state index contributed by atoms with van der Waals surface area (Å²) in [5.74, 6) is 0.171. The summed E-state index contributed by atoms with van der Waals surface area (Å²) in [7, 11) is 0. The summed E-state index contributed by atoms with van der Waals surface area (Å²) in [6.07, 6.45) is 14.7. The Bertz CT molecular complexity index is 412. The molecular formula is C20H32O2. The summed E-state index contributed by atoms with van der Waals surface area (Å²) in [4.78, 5) is 12.0. The van der Waals surface area contributed by atoms with Crippen LogP contribution in [0.5, 0.6) is 5.75 Å². The first-order valence-electron chi connectivity index (χ1n) is 9.07. The van der Waals surface area contributed by atoms with Gasteiger partial charge in [0.15, 0.2) is 5.78 Å². The molecule has 2 heteroatoms. The number of para-hydroxylation sites is 1. The van der Waals surface area contributed by atoms with Gasteiger partial charge in [-0.05, 0) is 18.6 Å². The summed E-state index contributed by atoms with van der Waals surface area (Å²) in [5.41, 5.74) is 0.467. The van der Waals surface area contributed by atoms with E-state index in [9.17, 15) is 9.90 Å². The fraction of sp³-hybridized carbons (Fsp3) is 0.650. The highest BCUT2D eigenvalue weighted by molar-refractivity contribution is 5.98. The zero-order chi connectivity index (χ0) is 16.0. The third kappa shape index (κ3) is 8.21. The lowest BCUT2D eigenvalue weighted by atomic mass is 10.0. The van der Waals surface area contributed by atoms with Crippen molar-refractivity contribution in [3.63, 3.8) is 0 Å². The molecule has 1 aromatic rings. The first-order chi connectivity index (χ1) is 10.8. The maximum Gasteiger partial charge on any atom is 0.166 e. The summed E-state index contributed by atoms with van der Waals surface area (Å²) >= 11 is 0. The van der Waals surface area contributed by atoms with Gasteiger partial charge in [0, 0.05) is 6.42 Å². The average Bonchev–Trinajstić information content (AvgIpc) is 2.53. The molecule has 2 nitrogen and oxygen atoms in total. The van der Waals surface area contributed by atoms with E-state index in [0.29, 0.717) is 12.0 Å². The molecule has 124 valence electrons. The van der Waals surface area contributed by atoms with Crippen molar-refractivity contribution in [1.82, 2.24) is 0 Å². The van der Waals surface area contributed by atoms with Crippen LogP contribution in [0.15, 0.2) is 24.3 Å². The van der Waals surface area contributed by atoms with Crippen molar-refractivity contribution in [3.05, 3.63) is 29.8 Å². The molecule has 1 rings (SSSR count). The lowest BCUT2D eigenvalue weighted by molar-refractivity contribution is 0.0976. The molecule has 0 aliphatic carbocycles. The van der Waals surface area contributed by atoms with Crippen LogP contribution in [0.1, 0.15) is 94.3 Å². The van der Waals surface area contributed by atoms with Crippen LogP contribution in [0.2, 0.25) is 0 Å². The lowest BCUT2D eigenvalue weighted by Crippen LogP contribution is -1.99. The summed E-state index contributed by atoms with van der Waals surface area (Å²) in [5, 5.41) is 9.64. The molecule has 0 atom stereocenters. The van der Waals surface area contributed by atoms with Crippen LogP contribution in [0.25, 0.3) is 0 Å². The van der Waals surface area contributed by atoms with Gasteiger partial charge in [-0.25, -0.2) is 0 Å². The Kier molecular flexibility index (Phi) is 10.4.